The lowest BCUT2D eigenvalue weighted by molar-refractivity contribution is -0.119. The van der Waals surface area contributed by atoms with Crippen molar-refractivity contribution in [2.24, 2.45) is 0 Å². The van der Waals surface area contributed by atoms with Gasteiger partial charge in [-0.25, -0.2) is 4.79 Å². The summed E-state index contributed by atoms with van der Waals surface area (Å²) in [6.45, 7) is 9.95. The molecule has 0 aliphatic carbocycles. The van der Waals surface area contributed by atoms with Crippen LogP contribution in [0, 0.1) is 0 Å². The van der Waals surface area contributed by atoms with Gasteiger partial charge in [-0.1, -0.05) is 19.6 Å². The molecule has 3 rings (SSSR count). The molecule has 1 fully saturated rings. The number of ether oxygens (including phenoxy) is 2. The van der Waals surface area contributed by atoms with E-state index in [0.717, 1.165) is 6.04 Å². The van der Waals surface area contributed by atoms with Crippen molar-refractivity contribution < 1.29 is 23.9 Å². The number of anilines is 1. The zero-order valence-corrected chi connectivity index (χ0v) is 20.1. The first-order chi connectivity index (χ1) is 15.1. The van der Waals surface area contributed by atoms with Gasteiger partial charge in [-0.2, -0.15) is 0 Å². The zero-order chi connectivity index (χ0) is 23.3. The Morgan fingerprint density at radius 2 is 1.91 bits per heavy atom. The van der Waals surface area contributed by atoms with E-state index < -0.39 is 20.3 Å². The summed E-state index contributed by atoms with van der Waals surface area (Å²) in [7, 11) is -1.16. The molecule has 2 amide bonds. The van der Waals surface area contributed by atoms with Crippen molar-refractivity contribution >= 4 is 31.5 Å². The maximum atomic E-state index is 13.0. The maximum Gasteiger partial charge on any atom is 0.414 e. The van der Waals surface area contributed by atoms with Crippen molar-refractivity contribution in [2.45, 2.75) is 45.4 Å². The smallest absolute Gasteiger partial charge is 0.414 e. The summed E-state index contributed by atoms with van der Waals surface area (Å²) >= 11 is 0. The molecule has 8 nitrogen and oxygen atoms in total. The first-order valence-corrected chi connectivity index (χ1v) is 14.4. The molecule has 2 aromatic rings. The molecule has 0 saturated carbocycles. The minimum absolute atomic E-state index is 0.108. The number of cyclic esters (lactones) is 1. The number of ketones is 1. The molecule has 2 heterocycles. The standard InChI is InChI=1S/C23H31N3O5Si/c1-17(27)24-14-20-15-26(23(29)31-20)19-9-7-18(8-10-19)22(28)21-6-5-11-25(21)16-30-12-13-32(2,3)4/h5-11,20H,12-16H2,1-4H3,(H,24,27)/t20-/m0/s1. The largest absolute Gasteiger partial charge is 0.442 e. The molecule has 0 spiro atoms. The number of amides is 2. The average Bonchev–Trinajstić information content (AvgIpc) is 3.35. The fourth-order valence-electron chi connectivity index (χ4n) is 3.31. The molecule has 0 radical (unpaired) electrons. The number of hydrogen-bond acceptors (Lipinski definition) is 5. The van der Waals surface area contributed by atoms with Crippen LogP contribution in [0.1, 0.15) is 23.0 Å². The van der Waals surface area contributed by atoms with Gasteiger partial charge < -0.3 is 19.4 Å². The van der Waals surface area contributed by atoms with Gasteiger partial charge >= 0.3 is 6.09 Å². The minimum Gasteiger partial charge on any atom is -0.442 e. The van der Waals surface area contributed by atoms with E-state index in [1.165, 1.54) is 11.8 Å². The Labute approximate surface area is 189 Å². The number of carbonyl (C=O) groups excluding carboxylic acids is 3. The molecule has 0 unspecified atom stereocenters. The van der Waals surface area contributed by atoms with E-state index in [0.29, 0.717) is 36.8 Å². The van der Waals surface area contributed by atoms with Gasteiger partial charge in [-0.15, -0.1) is 0 Å². The summed E-state index contributed by atoms with van der Waals surface area (Å²) < 4.78 is 12.9. The van der Waals surface area contributed by atoms with Crippen molar-refractivity contribution in [3.8, 4) is 0 Å². The second-order valence-electron chi connectivity index (χ2n) is 9.14. The number of nitrogens with zero attached hydrogens (tertiary/aromatic N) is 2. The predicted octanol–water partition coefficient (Wildman–Crippen LogP) is 3.49. The van der Waals surface area contributed by atoms with Gasteiger partial charge in [0.1, 0.15) is 12.8 Å². The lowest BCUT2D eigenvalue weighted by Crippen LogP contribution is -2.33. The SMILES string of the molecule is CC(=O)NC[C@H]1CN(c2ccc(C(=O)c3cccn3COCC[Si](C)(C)C)cc2)C(=O)O1. The summed E-state index contributed by atoms with van der Waals surface area (Å²) in [5.41, 5.74) is 1.72. The summed E-state index contributed by atoms with van der Waals surface area (Å²) in [5, 5.41) is 2.65. The Bertz CT molecular complexity index is 965. The fourth-order valence-corrected chi connectivity index (χ4v) is 4.07. The highest BCUT2D eigenvalue weighted by atomic mass is 28.3. The van der Waals surface area contributed by atoms with E-state index >= 15 is 0 Å². The molecule has 1 atom stereocenters. The molecule has 172 valence electrons. The number of nitrogens with one attached hydrogen (secondary N) is 1. The second-order valence-corrected chi connectivity index (χ2v) is 14.8. The molecular weight excluding hydrogens is 426 g/mol. The third-order valence-electron chi connectivity index (χ3n) is 5.18. The molecule has 1 N–H and O–H groups in total. The van der Waals surface area contributed by atoms with Gasteiger partial charge in [0, 0.05) is 39.1 Å². The molecule has 1 aromatic carbocycles. The fraction of sp³-hybridized carbons (Fsp3) is 0.435. The van der Waals surface area contributed by atoms with Gasteiger partial charge in [0.05, 0.1) is 18.8 Å². The highest BCUT2D eigenvalue weighted by Crippen LogP contribution is 2.23. The van der Waals surface area contributed by atoms with Crippen LogP contribution in [0.15, 0.2) is 42.6 Å². The van der Waals surface area contributed by atoms with Crippen molar-refractivity contribution in [3.05, 3.63) is 53.9 Å². The molecule has 32 heavy (non-hydrogen) atoms. The Hall–Kier alpha value is -2.91. The van der Waals surface area contributed by atoms with E-state index in [9.17, 15) is 14.4 Å². The zero-order valence-electron chi connectivity index (χ0n) is 19.1. The van der Waals surface area contributed by atoms with Crippen LogP contribution in [0.3, 0.4) is 0 Å². The third-order valence-corrected chi connectivity index (χ3v) is 6.89. The Morgan fingerprint density at radius 1 is 1.19 bits per heavy atom. The lowest BCUT2D eigenvalue weighted by atomic mass is 10.1. The molecule has 1 aliphatic heterocycles. The average molecular weight is 458 g/mol. The monoisotopic (exact) mass is 457 g/mol. The van der Waals surface area contributed by atoms with E-state index in [-0.39, 0.29) is 18.2 Å². The van der Waals surface area contributed by atoms with Crippen molar-refractivity contribution in [1.82, 2.24) is 9.88 Å². The highest BCUT2D eigenvalue weighted by Gasteiger charge is 2.32. The van der Waals surface area contributed by atoms with E-state index in [1.807, 2.05) is 16.8 Å². The number of carbonyl (C=O) groups is 3. The van der Waals surface area contributed by atoms with Crippen LogP contribution in [-0.4, -0.2) is 56.2 Å². The van der Waals surface area contributed by atoms with E-state index in [2.05, 4.69) is 25.0 Å². The van der Waals surface area contributed by atoms with Crippen LogP contribution in [0.2, 0.25) is 25.7 Å². The number of rotatable bonds is 10. The quantitative estimate of drug-likeness (QED) is 0.335. The van der Waals surface area contributed by atoms with Crippen molar-refractivity contribution in [3.63, 3.8) is 0 Å². The summed E-state index contributed by atoms with van der Waals surface area (Å²) in [4.78, 5) is 37.7. The van der Waals surface area contributed by atoms with Gasteiger partial charge in [0.25, 0.3) is 0 Å². The third kappa shape index (κ3) is 6.30. The maximum absolute atomic E-state index is 13.0. The Balaban J connectivity index is 1.61. The van der Waals surface area contributed by atoms with Crippen molar-refractivity contribution in [2.75, 3.05) is 24.6 Å². The molecule has 0 bridgehead atoms. The molecule has 1 saturated heterocycles. The molecule has 1 aromatic heterocycles. The van der Waals surface area contributed by atoms with Crippen LogP contribution < -0.4 is 10.2 Å². The van der Waals surface area contributed by atoms with Gasteiger partial charge in [-0.05, 0) is 42.4 Å². The summed E-state index contributed by atoms with van der Waals surface area (Å²) in [5.74, 6) is -0.281. The van der Waals surface area contributed by atoms with Crippen LogP contribution in [0.5, 0.6) is 0 Å². The summed E-state index contributed by atoms with van der Waals surface area (Å²) in [6, 6.07) is 11.6. The van der Waals surface area contributed by atoms with Gasteiger partial charge in [0.2, 0.25) is 11.7 Å². The first-order valence-electron chi connectivity index (χ1n) is 10.7. The lowest BCUT2D eigenvalue weighted by Gasteiger charge is -2.16. The van der Waals surface area contributed by atoms with Crippen LogP contribution in [0.4, 0.5) is 10.5 Å². The van der Waals surface area contributed by atoms with Crippen LogP contribution in [0.25, 0.3) is 0 Å². The predicted molar refractivity (Wildman–Crippen MR) is 125 cm³/mol. The Kier molecular flexibility index (Phi) is 7.52. The number of aromatic nitrogens is 1. The highest BCUT2D eigenvalue weighted by molar-refractivity contribution is 6.76. The number of benzene rings is 1. The Morgan fingerprint density at radius 3 is 2.56 bits per heavy atom. The minimum atomic E-state index is -1.16. The van der Waals surface area contributed by atoms with Gasteiger partial charge in [-0.3, -0.25) is 14.5 Å². The molecule has 9 heteroatoms. The second kappa shape index (κ2) is 10.1. The molecular formula is C23H31N3O5Si. The normalized spacial score (nSPS) is 16.2. The van der Waals surface area contributed by atoms with Gasteiger partial charge in [0.15, 0.2) is 0 Å². The molecule has 1 aliphatic rings. The first kappa shape index (κ1) is 23.7. The topological polar surface area (TPSA) is 89.9 Å². The number of hydrogen-bond donors (Lipinski definition) is 1. The van der Waals surface area contributed by atoms with Crippen LogP contribution in [-0.2, 0) is 21.0 Å². The van der Waals surface area contributed by atoms with E-state index in [4.69, 9.17) is 9.47 Å². The van der Waals surface area contributed by atoms with Crippen molar-refractivity contribution in [1.29, 1.82) is 0 Å². The van der Waals surface area contributed by atoms with Crippen LogP contribution >= 0.6 is 0 Å². The van der Waals surface area contributed by atoms with E-state index in [1.54, 1.807) is 30.3 Å². The summed E-state index contributed by atoms with van der Waals surface area (Å²) in [6.07, 6.45) is 0.965.